The van der Waals surface area contributed by atoms with E-state index in [-0.39, 0.29) is 5.91 Å². The second-order valence-corrected chi connectivity index (χ2v) is 4.76. The van der Waals surface area contributed by atoms with Crippen molar-refractivity contribution >= 4 is 5.91 Å². The van der Waals surface area contributed by atoms with E-state index in [1.807, 2.05) is 4.90 Å². The highest BCUT2D eigenvalue weighted by Gasteiger charge is 2.26. The molecule has 0 N–H and O–H groups in total. The number of hydrogen-bond donors (Lipinski definition) is 0. The zero-order valence-electron chi connectivity index (χ0n) is 11.2. The van der Waals surface area contributed by atoms with Gasteiger partial charge in [0.05, 0.1) is 6.61 Å². The largest absolute Gasteiger partial charge is 0.494 e. The van der Waals surface area contributed by atoms with Gasteiger partial charge in [-0.05, 0) is 18.8 Å². The lowest BCUT2D eigenvalue weighted by Crippen LogP contribution is -2.41. The van der Waals surface area contributed by atoms with Gasteiger partial charge in [-0.15, -0.1) is 6.58 Å². The molecule has 0 spiro atoms. The maximum absolute atomic E-state index is 12.1. The van der Waals surface area contributed by atoms with Gasteiger partial charge in [0.1, 0.15) is 19.5 Å². The van der Waals surface area contributed by atoms with Crippen LogP contribution in [0.3, 0.4) is 0 Å². The van der Waals surface area contributed by atoms with Crippen LogP contribution in [0, 0.1) is 5.92 Å². The van der Waals surface area contributed by atoms with Crippen LogP contribution in [-0.2, 0) is 19.0 Å². The SMILES string of the molecule is C=CCOCC1CCN(C(=O)C2=COCCO2)CC1. The maximum Gasteiger partial charge on any atom is 0.292 e. The van der Waals surface area contributed by atoms with Crippen molar-refractivity contribution in [3.63, 3.8) is 0 Å². The quantitative estimate of drug-likeness (QED) is 0.557. The summed E-state index contributed by atoms with van der Waals surface area (Å²) in [6.45, 7) is 7.43. The topological polar surface area (TPSA) is 48.0 Å². The smallest absolute Gasteiger partial charge is 0.292 e. The van der Waals surface area contributed by atoms with E-state index in [1.54, 1.807) is 6.08 Å². The molecule has 19 heavy (non-hydrogen) atoms. The van der Waals surface area contributed by atoms with Crippen molar-refractivity contribution in [3.8, 4) is 0 Å². The summed E-state index contributed by atoms with van der Waals surface area (Å²) in [4.78, 5) is 14.0. The number of hydrogen-bond acceptors (Lipinski definition) is 4. The molecule has 2 rings (SSSR count). The second-order valence-electron chi connectivity index (χ2n) is 4.76. The van der Waals surface area contributed by atoms with E-state index in [1.165, 1.54) is 6.26 Å². The van der Waals surface area contributed by atoms with Gasteiger partial charge in [0.2, 0.25) is 5.76 Å². The van der Waals surface area contributed by atoms with Gasteiger partial charge in [-0.1, -0.05) is 6.08 Å². The molecule has 0 atom stereocenters. The first-order valence-electron chi connectivity index (χ1n) is 6.73. The fourth-order valence-electron chi connectivity index (χ4n) is 2.26. The Morgan fingerprint density at radius 2 is 2.26 bits per heavy atom. The molecular weight excluding hydrogens is 246 g/mol. The summed E-state index contributed by atoms with van der Waals surface area (Å²) >= 11 is 0. The van der Waals surface area contributed by atoms with Crippen LogP contribution >= 0.6 is 0 Å². The molecule has 2 aliphatic heterocycles. The number of carbonyl (C=O) groups is 1. The van der Waals surface area contributed by atoms with Gasteiger partial charge in [0.15, 0.2) is 0 Å². The van der Waals surface area contributed by atoms with Crippen LogP contribution in [-0.4, -0.2) is 50.3 Å². The number of rotatable bonds is 5. The summed E-state index contributed by atoms with van der Waals surface area (Å²) < 4.78 is 15.9. The van der Waals surface area contributed by atoms with Crippen LogP contribution in [0.15, 0.2) is 24.7 Å². The van der Waals surface area contributed by atoms with E-state index in [2.05, 4.69) is 6.58 Å². The number of likely N-dealkylation sites (tertiary alicyclic amines) is 1. The fourth-order valence-corrected chi connectivity index (χ4v) is 2.26. The summed E-state index contributed by atoms with van der Waals surface area (Å²) in [6.07, 6.45) is 5.12. The van der Waals surface area contributed by atoms with Crippen LogP contribution in [0.25, 0.3) is 0 Å². The van der Waals surface area contributed by atoms with E-state index < -0.39 is 0 Å². The van der Waals surface area contributed by atoms with Gasteiger partial charge in [-0.25, -0.2) is 0 Å². The number of ether oxygens (including phenoxy) is 3. The molecule has 0 unspecified atom stereocenters. The van der Waals surface area contributed by atoms with Crippen LogP contribution in [0.4, 0.5) is 0 Å². The zero-order valence-corrected chi connectivity index (χ0v) is 11.2. The number of carbonyl (C=O) groups excluding carboxylic acids is 1. The first-order chi connectivity index (χ1) is 9.31. The highest BCUT2D eigenvalue weighted by Crippen LogP contribution is 2.20. The number of piperidine rings is 1. The van der Waals surface area contributed by atoms with Gasteiger partial charge < -0.3 is 19.1 Å². The summed E-state index contributed by atoms with van der Waals surface area (Å²) in [5.41, 5.74) is 0. The Kier molecular flexibility index (Phi) is 5.27. The molecule has 5 nitrogen and oxygen atoms in total. The van der Waals surface area contributed by atoms with Crippen molar-refractivity contribution in [1.29, 1.82) is 0 Å². The van der Waals surface area contributed by atoms with Gasteiger partial charge in [-0.3, -0.25) is 4.79 Å². The Balaban J connectivity index is 1.74. The fraction of sp³-hybridized carbons (Fsp3) is 0.643. The molecule has 1 amide bonds. The van der Waals surface area contributed by atoms with Gasteiger partial charge in [0.25, 0.3) is 5.91 Å². The monoisotopic (exact) mass is 267 g/mol. The molecule has 0 aromatic heterocycles. The van der Waals surface area contributed by atoms with Gasteiger partial charge in [0, 0.05) is 19.7 Å². The summed E-state index contributed by atoms with van der Waals surface area (Å²) in [6, 6.07) is 0. The van der Waals surface area contributed by atoms with E-state index in [0.29, 0.717) is 31.5 Å². The Hall–Kier alpha value is -1.49. The second kappa shape index (κ2) is 7.19. The van der Waals surface area contributed by atoms with Crippen LogP contribution in [0.2, 0.25) is 0 Å². The van der Waals surface area contributed by atoms with E-state index in [9.17, 15) is 4.79 Å². The predicted octanol–water partition coefficient (Wildman–Crippen LogP) is 1.32. The zero-order chi connectivity index (χ0) is 13.5. The average molecular weight is 267 g/mol. The molecule has 2 aliphatic rings. The molecule has 1 saturated heterocycles. The normalized spacial score (nSPS) is 20.2. The molecule has 0 radical (unpaired) electrons. The summed E-state index contributed by atoms with van der Waals surface area (Å²) in [7, 11) is 0. The minimum absolute atomic E-state index is 0.0647. The molecule has 0 saturated carbocycles. The molecule has 1 fully saturated rings. The first-order valence-corrected chi connectivity index (χ1v) is 6.73. The lowest BCUT2D eigenvalue weighted by atomic mass is 9.97. The Morgan fingerprint density at radius 3 is 2.89 bits per heavy atom. The molecule has 5 heteroatoms. The highest BCUT2D eigenvalue weighted by molar-refractivity contribution is 5.91. The van der Waals surface area contributed by atoms with Gasteiger partial charge in [-0.2, -0.15) is 0 Å². The Labute approximate surface area is 113 Å². The van der Waals surface area contributed by atoms with Crippen molar-refractivity contribution in [2.45, 2.75) is 12.8 Å². The predicted molar refractivity (Wildman–Crippen MR) is 70.3 cm³/mol. The van der Waals surface area contributed by atoms with Crippen LogP contribution < -0.4 is 0 Å². The lowest BCUT2D eigenvalue weighted by Gasteiger charge is -2.32. The van der Waals surface area contributed by atoms with Crippen molar-refractivity contribution in [1.82, 2.24) is 4.90 Å². The van der Waals surface area contributed by atoms with Crippen LogP contribution in [0.5, 0.6) is 0 Å². The minimum atomic E-state index is -0.0647. The third-order valence-electron chi connectivity index (χ3n) is 3.35. The highest BCUT2D eigenvalue weighted by atomic mass is 16.6. The number of amides is 1. The van der Waals surface area contributed by atoms with Crippen LogP contribution in [0.1, 0.15) is 12.8 Å². The third-order valence-corrected chi connectivity index (χ3v) is 3.35. The molecule has 0 aliphatic carbocycles. The number of nitrogens with zero attached hydrogens (tertiary/aromatic N) is 1. The first kappa shape index (κ1) is 13.9. The third kappa shape index (κ3) is 3.99. The van der Waals surface area contributed by atoms with Crippen molar-refractivity contribution < 1.29 is 19.0 Å². The van der Waals surface area contributed by atoms with E-state index in [4.69, 9.17) is 14.2 Å². The average Bonchev–Trinajstić information content (AvgIpc) is 2.48. The van der Waals surface area contributed by atoms with Crippen molar-refractivity contribution in [2.75, 3.05) is 39.5 Å². The molecule has 0 aromatic carbocycles. The molecule has 0 aromatic rings. The van der Waals surface area contributed by atoms with Crippen molar-refractivity contribution in [2.24, 2.45) is 5.92 Å². The molecule has 106 valence electrons. The lowest BCUT2D eigenvalue weighted by molar-refractivity contribution is -0.133. The molecular formula is C14H21NO4. The van der Waals surface area contributed by atoms with Crippen molar-refractivity contribution in [3.05, 3.63) is 24.7 Å². The Morgan fingerprint density at radius 1 is 1.47 bits per heavy atom. The molecule has 2 heterocycles. The summed E-state index contributed by atoms with van der Waals surface area (Å²) in [5.74, 6) is 0.791. The van der Waals surface area contributed by atoms with Gasteiger partial charge >= 0.3 is 0 Å². The van der Waals surface area contributed by atoms with E-state index in [0.717, 1.165) is 32.5 Å². The standard InChI is InChI=1S/C14H21NO4/c1-2-7-17-10-12-3-5-15(6-4-12)14(16)13-11-18-8-9-19-13/h2,11-12H,1,3-10H2. The van der Waals surface area contributed by atoms with E-state index >= 15 is 0 Å². The summed E-state index contributed by atoms with van der Waals surface area (Å²) in [5, 5.41) is 0. The molecule has 0 bridgehead atoms. The maximum atomic E-state index is 12.1. The minimum Gasteiger partial charge on any atom is -0.494 e. The Bertz CT molecular complexity index is 345.